The smallest absolute Gasteiger partial charge is 0.253 e. The fraction of sp³-hybridized carbons (Fsp3) is 0.400. The molecule has 168 valence electrons. The minimum absolute atomic E-state index is 0.0506. The summed E-state index contributed by atoms with van der Waals surface area (Å²) in [7, 11) is 0. The molecule has 6 nitrogen and oxygen atoms in total. The van der Waals surface area contributed by atoms with E-state index in [1.54, 1.807) is 17.0 Å². The van der Waals surface area contributed by atoms with Crippen LogP contribution in [-0.2, 0) is 4.79 Å². The van der Waals surface area contributed by atoms with E-state index in [1.807, 2.05) is 23.1 Å². The quantitative estimate of drug-likeness (QED) is 0.799. The number of piperidine rings is 2. The average molecular weight is 438 g/mol. The Morgan fingerprint density at radius 1 is 0.812 bits per heavy atom. The van der Waals surface area contributed by atoms with Gasteiger partial charge in [-0.05, 0) is 62.1 Å². The van der Waals surface area contributed by atoms with Crippen LogP contribution in [0.3, 0.4) is 0 Å². The van der Waals surface area contributed by atoms with Gasteiger partial charge in [-0.15, -0.1) is 0 Å². The topological polar surface area (TPSA) is 69.7 Å². The zero-order valence-corrected chi connectivity index (χ0v) is 18.0. The number of hydrogen-bond donors (Lipinski definition) is 1. The third-order valence-corrected chi connectivity index (χ3v) is 6.33. The predicted octanol–water partition coefficient (Wildman–Crippen LogP) is 3.10. The van der Waals surface area contributed by atoms with E-state index in [4.69, 9.17) is 0 Å². The number of likely N-dealkylation sites (tertiary alicyclic amines) is 2. The van der Waals surface area contributed by atoms with E-state index >= 15 is 0 Å². The molecule has 0 spiro atoms. The molecule has 0 saturated carbocycles. The molecular weight excluding hydrogens is 409 g/mol. The molecule has 2 aliphatic heterocycles. The minimum Gasteiger partial charge on any atom is -0.349 e. The van der Waals surface area contributed by atoms with Gasteiger partial charge in [-0.1, -0.05) is 18.2 Å². The lowest BCUT2D eigenvalue weighted by Gasteiger charge is -2.38. The highest BCUT2D eigenvalue weighted by atomic mass is 19.1. The van der Waals surface area contributed by atoms with E-state index in [2.05, 4.69) is 5.32 Å². The molecule has 2 saturated heterocycles. The fourth-order valence-electron chi connectivity index (χ4n) is 4.50. The van der Waals surface area contributed by atoms with Crippen molar-refractivity contribution in [2.24, 2.45) is 5.92 Å². The summed E-state index contributed by atoms with van der Waals surface area (Å²) >= 11 is 0. The molecule has 2 aliphatic rings. The first kappa shape index (κ1) is 22.0. The molecule has 7 heteroatoms. The SMILES string of the molecule is O=C(NC1CCN(C(=O)C2CCCN(C(=O)c3ccc(F)cc3)C2)CC1)c1ccccc1. The number of nitrogens with zero attached hydrogens (tertiary/aromatic N) is 2. The van der Waals surface area contributed by atoms with Crippen LogP contribution >= 0.6 is 0 Å². The second-order valence-corrected chi connectivity index (χ2v) is 8.54. The Bertz CT molecular complexity index is 956. The van der Waals surface area contributed by atoms with Crippen molar-refractivity contribution in [2.45, 2.75) is 31.7 Å². The van der Waals surface area contributed by atoms with Crippen molar-refractivity contribution in [3.8, 4) is 0 Å². The van der Waals surface area contributed by atoms with Crippen molar-refractivity contribution in [3.05, 3.63) is 71.5 Å². The van der Waals surface area contributed by atoms with Gasteiger partial charge in [-0.2, -0.15) is 0 Å². The number of hydrogen-bond acceptors (Lipinski definition) is 3. The normalized spacial score (nSPS) is 19.5. The van der Waals surface area contributed by atoms with Crippen LogP contribution in [0, 0.1) is 11.7 Å². The van der Waals surface area contributed by atoms with Crippen LogP contribution in [-0.4, -0.2) is 59.7 Å². The van der Waals surface area contributed by atoms with E-state index in [1.165, 1.54) is 24.3 Å². The van der Waals surface area contributed by atoms with Crippen molar-refractivity contribution >= 4 is 17.7 Å². The van der Waals surface area contributed by atoms with Crippen LogP contribution in [0.15, 0.2) is 54.6 Å². The van der Waals surface area contributed by atoms with Crippen LogP contribution in [0.1, 0.15) is 46.4 Å². The van der Waals surface area contributed by atoms with Gasteiger partial charge in [-0.3, -0.25) is 14.4 Å². The number of carbonyl (C=O) groups is 3. The van der Waals surface area contributed by atoms with Gasteiger partial charge < -0.3 is 15.1 Å². The molecule has 3 amide bonds. The molecule has 32 heavy (non-hydrogen) atoms. The number of halogens is 1. The second kappa shape index (κ2) is 9.94. The summed E-state index contributed by atoms with van der Waals surface area (Å²) in [5.74, 6) is -0.767. The number of benzene rings is 2. The van der Waals surface area contributed by atoms with E-state index in [0.717, 1.165) is 25.7 Å². The minimum atomic E-state index is -0.378. The van der Waals surface area contributed by atoms with Gasteiger partial charge in [0.25, 0.3) is 11.8 Å². The van der Waals surface area contributed by atoms with Crippen LogP contribution in [0.2, 0.25) is 0 Å². The Morgan fingerprint density at radius 3 is 2.19 bits per heavy atom. The Balaban J connectivity index is 1.28. The van der Waals surface area contributed by atoms with Crippen molar-refractivity contribution < 1.29 is 18.8 Å². The van der Waals surface area contributed by atoms with Gasteiger partial charge in [0.1, 0.15) is 5.82 Å². The van der Waals surface area contributed by atoms with Crippen molar-refractivity contribution in [2.75, 3.05) is 26.2 Å². The monoisotopic (exact) mass is 437 g/mol. The van der Waals surface area contributed by atoms with Crippen LogP contribution < -0.4 is 5.32 Å². The van der Waals surface area contributed by atoms with Crippen molar-refractivity contribution in [1.82, 2.24) is 15.1 Å². The molecule has 4 rings (SSSR count). The van der Waals surface area contributed by atoms with E-state index in [-0.39, 0.29) is 35.5 Å². The summed E-state index contributed by atoms with van der Waals surface area (Å²) in [6.45, 7) is 2.19. The lowest BCUT2D eigenvalue weighted by atomic mass is 9.94. The first-order chi connectivity index (χ1) is 15.5. The molecule has 0 bridgehead atoms. The summed E-state index contributed by atoms with van der Waals surface area (Å²) in [4.78, 5) is 41.8. The molecule has 2 heterocycles. The highest BCUT2D eigenvalue weighted by Gasteiger charge is 2.33. The fourth-order valence-corrected chi connectivity index (χ4v) is 4.50. The van der Waals surface area contributed by atoms with Gasteiger partial charge >= 0.3 is 0 Å². The molecule has 2 fully saturated rings. The van der Waals surface area contributed by atoms with E-state index < -0.39 is 0 Å². The van der Waals surface area contributed by atoms with Gasteiger partial charge in [0.15, 0.2) is 0 Å². The van der Waals surface area contributed by atoms with E-state index in [0.29, 0.717) is 37.3 Å². The van der Waals surface area contributed by atoms with Crippen LogP contribution in [0.4, 0.5) is 4.39 Å². The number of carbonyl (C=O) groups excluding carboxylic acids is 3. The number of rotatable bonds is 4. The predicted molar refractivity (Wildman–Crippen MR) is 119 cm³/mol. The summed E-state index contributed by atoms with van der Waals surface area (Å²) in [6, 6.07) is 14.7. The number of nitrogens with one attached hydrogen (secondary N) is 1. The third-order valence-electron chi connectivity index (χ3n) is 6.33. The molecule has 2 aromatic carbocycles. The Hall–Kier alpha value is -3.22. The Morgan fingerprint density at radius 2 is 1.50 bits per heavy atom. The lowest BCUT2D eigenvalue weighted by molar-refractivity contribution is -0.138. The largest absolute Gasteiger partial charge is 0.349 e. The zero-order valence-electron chi connectivity index (χ0n) is 18.0. The van der Waals surface area contributed by atoms with Gasteiger partial charge in [0.05, 0.1) is 5.92 Å². The molecule has 0 aliphatic carbocycles. The third kappa shape index (κ3) is 5.15. The summed E-state index contributed by atoms with van der Waals surface area (Å²) in [6.07, 6.45) is 2.97. The molecule has 2 aromatic rings. The summed E-state index contributed by atoms with van der Waals surface area (Å²) < 4.78 is 13.2. The summed E-state index contributed by atoms with van der Waals surface area (Å²) in [5.41, 5.74) is 1.08. The molecule has 0 radical (unpaired) electrons. The number of amides is 3. The maximum atomic E-state index is 13.2. The highest BCUT2D eigenvalue weighted by Crippen LogP contribution is 2.23. The Kier molecular flexibility index (Phi) is 6.83. The van der Waals surface area contributed by atoms with Gasteiger partial charge in [0.2, 0.25) is 5.91 Å². The first-order valence-electron chi connectivity index (χ1n) is 11.2. The molecule has 1 unspecified atom stereocenters. The van der Waals surface area contributed by atoms with E-state index in [9.17, 15) is 18.8 Å². The maximum absolute atomic E-state index is 13.2. The molecular formula is C25H28FN3O3. The second-order valence-electron chi connectivity index (χ2n) is 8.54. The molecule has 0 aromatic heterocycles. The Labute approximate surface area is 187 Å². The van der Waals surface area contributed by atoms with Crippen molar-refractivity contribution in [1.29, 1.82) is 0 Å². The van der Waals surface area contributed by atoms with Gasteiger partial charge in [-0.25, -0.2) is 4.39 Å². The highest BCUT2D eigenvalue weighted by molar-refractivity contribution is 5.95. The molecule has 1 N–H and O–H groups in total. The van der Waals surface area contributed by atoms with Gasteiger partial charge in [0, 0.05) is 43.3 Å². The standard InChI is InChI=1S/C25H28FN3O3/c26-21-10-8-19(9-11-21)24(31)29-14-4-7-20(17-29)25(32)28-15-12-22(13-16-28)27-23(30)18-5-2-1-3-6-18/h1-3,5-6,8-11,20,22H,4,7,12-17H2,(H,27,30). The molecule has 1 atom stereocenters. The summed E-state index contributed by atoms with van der Waals surface area (Å²) in [5, 5.41) is 3.06. The maximum Gasteiger partial charge on any atom is 0.253 e. The average Bonchev–Trinajstić information content (AvgIpc) is 2.85. The first-order valence-corrected chi connectivity index (χ1v) is 11.2. The van der Waals surface area contributed by atoms with Crippen LogP contribution in [0.5, 0.6) is 0 Å². The van der Waals surface area contributed by atoms with Crippen molar-refractivity contribution in [3.63, 3.8) is 0 Å². The zero-order chi connectivity index (χ0) is 22.5. The van der Waals surface area contributed by atoms with Crippen LogP contribution in [0.25, 0.3) is 0 Å². The lowest BCUT2D eigenvalue weighted by Crippen LogP contribution is -2.51.